The molecular formula is C26H23N5O5. The van der Waals surface area contributed by atoms with Crippen LogP contribution in [0.4, 0.5) is 10.5 Å². The standard InChI is InChI=1S/C26H23N5O5/c32-22-10-9-21(24(33)30-22)31-15-17-12-16(7-8-20(17)25(31)34)14-28-26(35)29-18-4-3-5-19(13-18)36-23-6-1-2-11-27-23/h1-8,11-13,21H,9-10,14-15H2,(H2,28,29,35)(H,30,32,33). The van der Waals surface area contributed by atoms with Crippen molar-refractivity contribution >= 4 is 29.4 Å². The summed E-state index contributed by atoms with van der Waals surface area (Å²) in [6, 6.07) is 16.6. The number of amides is 5. The monoisotopic (exact) mass is 485 g/mol. The van der Waals surface area contributed by atoms with Crippen LogP contribution in [-0.2, 0) is 22.7 Å². The lowest BCUT2D eigenvalue weighted by molar-refractivity contribution is -0.136. The van der Waals surface area contributed by atoms with Gasteiger partial charge in [0.1, 0.15) is 11.8 Å². The molecule has 1 fully saturated rings. The number of imide groups is 1. The number of hydrogen-bond acceptors (Lipinski definition) is 6. The van der Waals surface area contributed by atoms with E-state index in [1.54, 1.807) is 54.7 Å². The molecule has 10 heteroatoms. The van der Waals surface area contributed by atoms with Gasteiger partial charge in [-0.05, 0) is 41.8 Å². The molecule has 0 spiro atoms. The molecule has 5 rings (SSSR count). The Morgan fingerprint density at radius 1 is 1.08 bits per heavy atom. The maximum atomic E-state index is 12.8. The molecule has 0 radical (unpaired) electrons. The van der Waals surface area contributed by atoms with Gasteiger partial charge in [0.05, 0.1) is 0 Å². The van der Waals surface area contributed by atoms with Gasteiger partial charge in [0, 0.05) is 49.1 Å². The van der Waals surface area contributed by atoms with Crippen LogP contribution in [0.25, 0.3) is 0 Å². The lowest BCUT2D eigenvalue weighted by Gasteiger charge is -2.29. The second-order valence-corrected chi connectivity index (χ2v) is 8.50. The molecule has 2 aliphatic heterocycles. The first-order valence-corrected chi connectivity index (χ1v) is 11.5. The Labute approximate surface area is 206 Å². The highest BCUT2D eigenvalue weighted by molar-refractivity contribution is 6.05. The molecule has 0 saturated carbocycles. The third-order valence-corrected chi connectivity index (χ3v) is 5.99. The molecule has 0 bridgehead atoms. The molecule has 3 heterocycles. The number of rotatable bonds is 6. The summed E-state index contributed by atoms with van der Waals surface area (Å²) in [6.07, 6.45) is 2.15. The molecule has 182 valence electrons. The normalized spacial score (nSPS) is 16.8. The topological polar surface area (TPSA) is 130 Å². The van der Waals surface area contributed by atoms with Gasteiger partial charge in [-0.1, -0.05) is 24.3 Å². The zero-order valence-corrected chi connectivity index (χ0v) is 19.2. The van der Waals surface area contributed by atoms with E-state index in [2.05, 4.69) is 20.9 Å². The maximum absolute atomic E-state index is 12.8. The summed E-state index contributed by atoms with van der Waals surface area (Å²) < 4.78 is 5.69. The number of carbonyl (C=O) groups excluding carboxylic acids is 4. The molecule has 1 saturated heterocycles. The average Bonchev–Trinajstić information content (AvgIpc) is 3.19. The first-order valence-electron chi connectivity index (χ1n) is 11.5. The summed E-state index contributed by atoms with van der Waals surface area (Å²) in [5.74, 6) is -0.00903. The molecule has 10 nitrogen and oxygen atoms in total. The number of nitrogens with zero attached hydrogens (tertiary/aromatic N) is 2. The Hall–Kier alpha value is -4.73. The van der Waals surface area contributed by atoms with Crippen LogP contribution >= 0.6 is 0 Å². The summed E-state index contributed by atoms with van der Waals surface area (Å²) in [6.45, 7) is 0.527. The summed E-state index contributed by atoms with van der Waals surface area (Å²) >= 11 is 0. The van der Waals surface area contributed by atoms with E-state index < -0.39 is 18.0 Å². The number of aromatic nitrogens is 1. The number of piperidine rings is 1. The Morgan fingerprint density at radius 2 is 1.97 bits per heavy atom. The summed E-state index contributed by atoms with van der Waals surface area (Å²) in [5.41, 5.74) is 2.68. The molecular weight excluding hydrogens is 462 g/mol. The molecule has 1 aromatic heterocycles. The quantitative estimate of drug-likeness (QED) is 0.461. The molecule has 1 atom stereocenters. The predicted octanol–water partition coefficient (Wildman–Crippen LogP) is 2.96. The number of fused-ring (bicyclic) bond motifs is 1. The van der Waals surface area contributed by atoms with Crippen LogP contribution in [-0.4, -0.2) is 39.7 Å². The third kappa shape index (κ3) is 5.02. The van der Waals surface area contributed by atoms with E-state index in [1.807, 2.05) is 12.1 Å². The van der Waals surface area contributed by atoms with E-state index in [0.717, 1.165) is 11.1 Å². The minimum atomic E-state index is -0.660. The van der Waals surface area contributed by atoms with Gasteiger partial charge < -0.3 is 20.3 Å². The molecule has 1 unspecified atom stereocenters. The predicted molar refractivity (Wildman–Crippen MR) is 129 cm³/mol. The highest BCUT2D eigenvalue weighted by Gasteiger charge is 2.39. The number of hydrogen-bond donors (Lipinski definition) is 3. The van der Waals surface area contributed by atoms with Gasteiger partial charge in [-0.3, -0.25) is 19.7 Å². The van der Waals surface area contributed by atoms with Crippen molar-refractivity contribution in [2.24, 2.45) is 0 Å². The Morgan fingerprint density at radius 3 is 2.78 bits per heavy atom. The zero-order valence-electron chi connectivity index (χ0n) is 19.2. The Kier molecular flexibility index (Phi) is 6.31. The van der Waals surface area contributed by atoms with Crippen LogP contribution in [0.1, 0.15) is 34.3 Å². The van der Waals surface area contributed by atoms with E-state index in [4.69, 9.17) is 4.74 Å². The lowest BCUT2D eigenvalue weighted by atomic mass is 10.0. The number of urea groups is 1. The zero-order chi connectivity index (χ0) is 25.1. The third-order valence-electron chi connectivity index (χ3n) is 5.99. The van der Waals surface area contributed by atoms with Crippen molar-refractivity contribution in [1.29, 1.82) is 0 Å². The minimum Gasteiger partial charge on any atom is -0.439 e. The lowest BCUT2D eigenvalue weighted by Crippen LogP contribution is -2.52. The van der Waals surface area contributed by atoms with Crippen molar-refractivity contribution in [3.63, 3.8) is 0 Å². The first-order chi connectivity index (χ1) is 17.5. The molecule has 3 N–H and O–H groups in total. The number of anilines is 1. The molecule has 36 heavy (non-hydrogen) atoms. The second-order valence-electron chi connectivity index (χ2n) is 8.50. The van der Waals surface area contributed by atoms with Crippen molar-refractivity contribution in [3.8, 4) is 11.6 Å². The molecule has 2 aromatic carbocycles. The second kappa shape index (κ2) is 9.87. The van der Waals surface area contributed by atoms with E-state index in [0.29, 0.717) is 29.3 Å². The number of pyridine rings is 1. The number of carbonyl (C=O) groups is 4. The van der Waals surface area contributed by atoms with Gasteiger partial charge in [-0.2, -0.15) is 0 Å². The SMILES string of the molecule is O=C1CCC(N2Cc3cc(CNC(=O)Nc4cccc(Oc5ccccn5)c4)ccc3C2=O)C(=O)N1. The molecule has 2 aliphatic rings. The smallest absolute Gasteiger partial charge is 0.319 e. The number of benzene rings is 2. The molecule has 0 aliphatic carbocycles. The minimum absolute atomic E-state index is 0.207. The fraction of sp³-hybridized carbons (Fsp3) is 0.192. The fourth-order valence-electron chi connectivity index (χ4n) is 4.26. The van der Waals surface area contributed by atoms with Crippen molar-refractivity contribution in [1.82, 2.24) is 20.5 Å². The maximum Gasteiger partial charge on any atom is 0.319 e. The number of nitrogens with one attached hydrogen (secondary N) is 3. The summed E-state index contributed by atoms with van der Waals surface area (Å²) in [5, 5.41) is 7.87. The van der Waals surface area contributed by atoms with Gasteiger partial charge in [0.2, 0.25) is 17.7 Å². The van der Waals surface area contributed by atoms with Crippen LogP contribution in [0.15, 0.2) is 66.9 Å². The Bertz CT molecular complexity index is 1340. The van der Waals surface area contributed by atoms with Crippen LogP contribution in [0.2, 0.25) is 0 Å². The van der Waals surface area contributed by atoms with Gasteiger partial charge in [-0.25, -0.2) is 9.78 Å². The fourth-order valence-corrected chi connectivity index (χ4v) is 4.26. The van der Waals surface area contributed by atoms with Crippen molar-refractivity contribution in [3.05, 3.63) is 83.6 Å². The number of ether oxygens (including phenoxy) is 1. The highest BCUT2D eigenvalue weighted by atomic mass is 16.5. The van der Waals surface area contributed by atoms with E-state index in [-0.39, 0.29) is 31.3 Å². The molecule has 3 aromatic rings. The largest absolute Gasteiger partial charge is 0.439 e. The van der Waals surface area contributed by atoms with Crippen LogP contribution < -0.4 is 20.7 Å². The Balaban J connectivity index is 1.17. The summed E-state index contributed by atoms with van der Waals surface area (Å²) in [4.78, 5) is 54.5. The van der Waals surface area contributed by atoms with Gasteiger partial charge in [0.25, 0.3) is 5.91 Å². The summed E-state index contributed by atoms with van der Waals surface area (Å²) in [7, 11) is 0. The van der Waals surface area contributed by atoms with Gasteiger partial charge in [0.15, 0.2) is 0 Å². The van der Waals surface area contributed by atoms with Crippen molar-refractivity contribution in [2.45, 2.75) is 32.0 Å². The highest BCUT2D eigenvalue weighted by Crippen LogP contribution is 2.28. The molecule has 5 amide bonds. The van der Waals surface area contributed by atoms with E-state index in [9.17, 15) is 19.2 Å². The van der Waals surface area contributed by atoms with Crippen molar-refractivity contribution < 1.29 is 23.9 Å². The van der Waals surface area contributed by atoms with Crippen molar-refractivity contribution in [2.75, 3.05) is 5.32 Å². The van der Waals surface area contributed by atoms with Crippen LogP contribution in [0, 0.1) is 0 Å². The van der Waals surface area contributed by atoms with Gasteiger partial charge >= 0.3 is 6.03 Å². The van der Waals surface area contributed by atoms with Crippen LogP contribution in [0.5, 0.6) is 11.6 Å². The van der Waals surface area contributed by atoms with E-state index >= 15 is 0 Å². The average molecular weight is 486 g/mol. The van der Waals surface area contributed by atoms with E-state index in [1.165, 1.54) is 4.90 Å². The first kappa shape index (κ1) is 23.0. The van der Waals surface area contributed by atoms with Gasteiger partial charge in [-0.15, -0.1) is 0 Å². The van der Waals surface area contributed by atoms with Crippen LogP contribution in [0.3, 0.4) is 0 Å².